The minimum absolute atomic E-state index is 0.00579. The van der Waals surface area contributed by atoms with Crippen LogP contribution in [0.15, 0.2) is 0 Å². The molecule has 2 fully saturated rings. The van der Waals surface area contributed by atoms with E-state index < -0.39 is 0 Å². The van der Waals surface area contributed by atoms with Gasteiger partial charge in [-0.3, -0.25) is 0 Å². The van der Waals surface area contributed by atoms with Crippen molar-refractivity contribution in [1.82, 2.24) is 5.32 Å². The second-order valence-corrected chi connectivity index (χ2v) is 3.58. The van der Waals surface area contributed by atoms with Gasteiger partial charge in [0.1, 0.15) is 0 Å². The molecule has 3 atom stereocenters. The van der Waals surface area contributed by atoms with Crippen LogP contribution in [0.5, 0.6) is 0 Å². The molecule has 2 heteroatoms. The van der Waals surface area contributed by atoms with Gasteiger partial charge in [0.05, 0.1) is 6.10 Å². The van der Waals surface area contributed by atoms with Crippen LogP contribution in [-0.4, -0.2) is 24.3 Å². The van der Waals surface area contributed by atoms with Crippen molar-refractivity contribution in [2.24, 2.45) is 11.8 Å². The third-order valence-electron chi connectivity index (χ3n) is 2.96. The Bertz CT molecular complexity index is 126. The van der Waals surface area contributed by atoms with Gasteiger partial charge in [-0.2, -0.15) is 0 Å². The topological polar surface area (TPSA) is 32.3 Å². The van der Waals surface area contributed by atoms with E-state index in [-0.39, 0.29) is 6.10 Å². The first-order chi connectivity index (χ1) is 4.88. The molecule has 2 rings (SSSR count). The molecule has 1 aliphatic heterocycles. The minimum Gasteiger partial charge on any atom is -0.393 e. The molecule has 2 nitrogen and oxygen atoms in total. The summed E-state index contributed by atoms with van der Waals surface area (Å²) in [5.74, 6) is 1.36. The lowest BCUT2D eigenvalue weighted by Crippen LogP contribution is -2.31. The molecule has 0 amide bonds. The number of hydrogen-bond acceptors (Lipinski definition) is 2. The lowest BCUT2D eigenvalue weighted by Gasteiger charge is -2.28. The largest absolute Gasteiger partial charge is 0.393 e. The molecular formula is C8H15NO. The van der Waals surface area contributed by atoms with Gasteiger partial charge in [0, 0.05) is 12.5 Å². The van der Waals surface area contributed by atoms with Crippen LogP contribution >= 0.6 is 0 Å². The monoisotopic (exact) mass is 141 g/mol. The molecule has 1 saturated carbocycles. The lowest BCUT2D eigenvalue weighted by molar-refractivity contribution is 0.0563. The van der Waals surface area contributed by atoms with E-state index >= 15 is 0 Å². The Morgan fingerprint density at radius 3 is 2.90 bits per heavy atom. The first kappa shape index (κ1) is 6.62. The Morgan fingerprint density at radius 2 is 2.10 bits per heavy atom. The van der Waals surface area contributed by atoms with Crippen molar-refractivity contribution >= 4 is 0 Å². The zero-order valence-corrected chi connectivity index (χ0v) is 6.21. The number of hydrogen-bond donors (Lipinski definition) is 2. The number of aliphatic hydroxyl groups is 1. The first-order valence-electron chi connectivity index (χ1n) is 4.26. The third kappa shape index (κ3) is 0.956. The SMILES string of the molecule is O[C@@H]1CCC[C@@H]2CNC[C@@H]21. The summed E-state index contributed by atoms with van der Waals surface area (Å²) in [4.78, 5) is 0. The van der Waals surface area contributed by atoms with Crippen LogP contribution in [0.25, 0.3) is 0 Å². The summed E-state index contributed by atoms with van der Waals surface area (Å²) >= 11 is 0. The Labute approximate surface area is 61.6 Å². The zero-order valence-electron chi connectivity index (χ0n) is 6.21. The van der Waals surface area contributed by atoms with Gasteiger partial charge in [0.2, 0.25) is 0 Å². The molecular weight excluding hydrogens is 126 g/mol. The van der Waals surface area contributed by atoms with Crippen molar-refractivity contribution in [3.8, 4) is 0 Å². The molecule has 0 unspecified atom stereocenters. The highest BCUT2D eigenvalue weighted by molar-refractivity contribution is 4.89. The smallest absolute Gasteiger partial charge is 0.0583 e. The molecule has 0 spiro atoms. The van der Waals surface area contributed by atoms with Gasteiger partial charge in [0.15, 0.2) is 0 Å². The lowest BCUT2D eigenvalue weighted by atomic mass is 9.80. The fourth-order valence-corrected chi connectivity index (χ4v) is 2.32. The van der Waals surface area contributed by atoms with Crippen LogP contribution < -0.4 is 5.32 Å². The van der Waals surface area contributed by atoms with Crippen LogP contribution in [0.4, 0.5) is 0 Å². The summed E-state index contributed by atoms with van der Waals surface area (Å²) in [6.45, 7) is 2.19. The molecule has 0 bridgehead atoms. The maximum atomic E-state index is 9.54. The molecule has 2 N–H and O–H groups in total. The quantitative estimate of drug-likeness (QED) is 0.510. The maximum Gasteiger partial charge on any atom is 0.0583 e. The van der Waals surface area contributed by atoms with Crippen molar-refractivity contribution in [2.75, 3.05) is 13.1 Å². The minimum atomic E-state index is -0.00579. The average molecular weight is 141 g/mol. The highest BCUT2D eigenvalue weighted by Gasteiger charge is 2.35. The van der Waals surface area contributed by atoms with Gasteiger partial charge in [-0.05, 0) is 25.3 Å². The summed E-state index contributed by atoms with van der Waals surface area (Å²) in [5, 5.41) is 12.9. The first-order valence-corrected chi connectivity index (χ1v) is 4.26. The Morgan fingerprint density at radius 1 is 1.20 bits per heavy atom. The van der Waals surface area contributed by atoms with Gasteiger partial charge < -0.3 is 10.4 Å². The van der Waals surface area contributed by atoms with E-state index in [1.807, 2.05) is 0 Å². The molecule has 0 aromatic rings. The molecule has 1 saturated heterocycles. The van der Waals surface area contributed by atoms with Crippen LogP contribution in [-0.2, 0) is 0 Å². The highest BCUT2D eigenvalue weighted by atomic mass is 16.3. The van der Waals surface area contributed by atoms with Crippen LogP contribution in [0.1, 0.15) is 19.3 Å². The fourth-order valence-electron chi connectivity index (χ4n) is 2.32. The molecule has 58 valence electrons. The summed E-state index contributed by atoms with van der Waals surface area (Å²) in [5.41, 5.74) is 0. The van der Waals surface area contributed by atoms with E-state index in [4.69, 9.17) is 0 Å². The predicted octanol–water partition coefficient (Wildman–Crippen LogP) is 0.367. The van der Waals surface area contributed by atoms with Crippen LogP contribution in [0.3, 0.4) is 0 Å². The van der Waals surface area contributed by atoms with Gasteiger partial charge in [0.25, 0.3) is 0 Å². The van der Waals surface area contributed by atoms with Crippen molar-refractivity contribution in [2.45, 2.75) is 25.4 Å². The second kappa shape index (κ2) is 2.51. The zero-order chi connectivity index (χ0) is 6.97. The molecule has 10 heavy (non-hydrogen) atoms. The molecule has 1 heterocycles. The maximum absolute atomic E-state index is 9.54. The number of aliphatic hydroxyl groups excluding tert-OH is 1. The molecule has 2 aliphatic rings. The van der Waals surface area contributed by atoms with Gasteiger partial charge in [-0.15, -0.1) is 0 Å². The van der Waals surface area contributed by atoms with E-state index in [0.717, 1.165) is 25.4 Å². The van der Waals surface area contributed by atoms with E-state index in [2.05, 4.69) is 5.32 Å². The molecule has 0 radical (unpaired) electrons. The molecule has 0 aromatic heterocycles. The fraction of sp³-hybridized carbons (Fsp3) is 1.00. The van der Waals surface area contributed by atoms with E-state index in [9.17, 15) is 5.11 Å². The van der Waals surface area contributed by atoms with Gasteiger partial charge >= 0.3 is 0 Å². The van der Waals surface area contributed by atoms with Crippen molar-refractivity contribution in [1.29, 1.82) is 0 Å². The number of rotatable bonds is 0. The molecule has 1 aliphatic carbocycles. The van der Waals surface area contributed by atoms with Crippen molar-refractivity contribution < 1.29 is 5.11 Å². The average Bonchev–Trinajstić information content (AvgIpc) is 2.36. The number of nitrogens with one attached hydrogen (secondary N) is 1. The van der Waals surface area contributed by atoms with E-state index in [1.54, 1.807) is 0 Å². The Hall–Kier alpha value is -0.0800. The summed E-state index contributed by atoms with van der Waals surface area (Å²) in [7, 11) is 0. The normalized spacial score (nSPS) is 47.1. The van der Waals surface area contributed by atoms with Gasteiger partial charge in [-0.1, -0.05) is 6.42 Å². The summed E-state index contributed by atoms with van der Waals surface area (Å²) in [6.07, 6.45) is 3.58. The predicted molar refractivity (Wildman–Crippen MR) is 39.7 cm³/mol. The molecule has 0 aromatic carbocycles. The summed E-state index contributed by atoms with van der Waals surface area (Å²) < 4.78 is 0. The Balaban J connectivity index is 2.03. The van der Waals surface area contributed by atoms with E-state index in [1.165, 1.54) is 12.8 Å². The van der Waals surface area contributed by atoms with Crippen molar-refractivity contribution in [3.05, 3.63) is 0 Å². The summed E-state index contributed by atoms with van der Waals surface area (Å²) in [6, 6.07) is 0. The van der Waals surface area contributed by atoms with Crippen LogP contribution in [0, 0.1) is 11.8 Å². The van der Waals surface area contributed by atoms with Crippen molar-refractivity contribution in [3.63, 3.8) is 0 Å². The van der Waals surface area contributed by atoms with Gasteiger partial charge in [-0.25, -0.2) is 0 Å². The third-order valence-corrected chi connectivity index (χ3v) is 2.96. The second-order valence-electron chi connectivity index (χ2n) is 3.58. The number of fused-ring (bicyclic) bond motifs is 1. The standard InChI is InChI=1S/C8H15NO/c10-8-3-1-2-6-4-9-5-7(6)8/h6-10H,1-5H2/t6-,7+,8-/m1/s1. The Kier molecular flexibility index (Phi) is 1.66. The van der Waals surface area contributed by atoms with Crippen LogP contribution in [0.2, 0.25) is 0 Å². The highest BCUT2D eigenvalue weighted by Crippen LogP contribution is 2.32. The van der Waals surface area contributed by atoms with E-state index in [0.29, 0.717) is 5.92 Å².